The summed E-state index contributed by atoms with van der Waals surface area (Å²) in [6.45, 7) is 3.02. The Morgan fingerprint density at radius 3 is 2.65 bits per heavy atom. The van der Waals surface area contributed by atoms with Crippen molar-refractivity contribution in [1.82, 2.24) is 15.5 Å². The molecule has 0 atom stereocenters. The Kier molecular flexibility index (Phi) is 8.38. The molecular formula is C15H22IN5O2. The second-order valence-electron chi connectivity index (χ2n) is 4.78. The van der Waals surface area contributed by atoms with Crippen molar-refractivity contribution in [2.45, 2.75) is 19.8 Å². The number of methoxy groups -OCH3 is 1. The summed E-state index contributed by atoms with van der Waals surface area (Å²) in [4.78, 5) is 8.33. The predicted octanol–water partition coefficient (Wildman–Crippen LogP) is 1.69. The third kappa shape index (κ3) is 6.85. The van der Waals surface area contributed by atoms with E-state index in [0.29, 0.717) is 30.6 Å². The molecule has 0 aliphatic rings. The molecule has 0 aliphatic carbocycles. The molecule has 1 heterocycles. The number of halogens is 1. The van der Waals surface area contributed by atoms with Crippen LogP contribution in [0.5, 0.6) is 5.75 Å². The van der Waals surface area contributed by atoms with E-state index in [1.165, 1.54) is 5.56 Å². The van der Waals surface area contributed by atoms with Crippen LogP contribution in [-0.2, 0) is 12.8 Å². The van der Waals surface area contributed by atoms with Gasteiger partial charge >= 0.3 is 0 Å². The van der Waals surface area contributed by atoms with Crippen molar-refractivity contribution < 1.29 is 9.26 Å². The van der Waals surface area contributed by atoms with Gasteiger partial charge in [0, 0.05) is 13.0 Å². The van der Waals surface area contributed by atoms with Crippen LogP contribution >= 0.6 is 24.0 Å². The van der Waals surface area contributed by atoms with Gasteiger partial charge in [0.05, 0.1) is 13.7 Å². The van der Waals surface area contributed by atoms with E-state index in [9.17, 15) is 0 Å². The number of aromatic nitrogens is 2. The maximum Gasteiger partial charge on any atom is 0.228 e. The fourth-order valence-electron chi connectivity index (χ4n) is 1.90. The van der Waals surface area contributed by atoms with Crippen LogP contribution in [-0.4, -0.2) is 36.3 Å². The first-order valence-corrected chi connectivity index (χ1v) is 7.13. The highest BCUT2D eigenvalue weighted by Crippen LogP contribution is 2.11. The first-order chi connectivity index (χ1) is 10.7. The second-order valence-corrected chi connectivity index (χ2v) is 4.78. The molecule has 0 radical (unpaired) electrons. The lowest BCUT2D eigenvalue weighted by Gasteiger charge is -2.06. The lowest BCUT2D eigenvalue weighted by molar-refractivity contribution is 0.376. The molecule has 0 aliphatic heterocycles. The molecule has 7 nitrogen and oxygen atoms in total. The number of nitrogens with two attached hydrogens (primary N) is 1. The van der Waals surface area contributed by atoms with E-state index in [2.05, 4.69) is 20.4 Å². The maximum absolute atomic E-state index is 5.81. The summed E-state index contributed by atoms with van der Waals surface area (Å²) in [5.74, 6) is 2.48. The molecule has 8 heteroatoms. The summed E-state index contributed by atoms with van der Waals surface area (Å²) in [6.07, 6.45) is 1.45. The number of nitrogens with zero attached hydrogens (tertiary/aromatic N) is 3. The molecule has 23 heavy (non-hydrogen) atoms. The zero-order chi connectivity index (χ0) is 15.8. The van der Waals surface area contributed by atoms with Crippen molar-refractivity contribution in [3.8, 4) is 5.75 Å². The third-order valence-electron chi connectivity index (χ3n) is 3.06. The molecule has 2 aromatic rings. The van der Waals surface area contributed by atoms with E-state index in [1.54, 1.807) is 14.0 Å². The predicted molar refractivity (Wildman–Crippen MR) is 99.3 cm³/mol. The lowest BCUT2D eigenvalue weighted by Crippen LogP contribution is -2.33. The molecule has 0 spiro atoms. The highest BCUT2D eigenvalue weighted by atomic mass is 127. The summed E-state index contributed by atoms with van der Waals surface area (Å²) in [7, 11) is 1.66. The smallest absolute Gasteiger partial charge is 0.228 e. The molecule has 2 rings (SSSR count). The highest BCUT2D eigenvalue weighted by molar-refractivity contribution is 14.0. The summed E-state index contributed by atoms with van der Waals surface area (Å²) in [5.41, 5.74) is 7.02. The van der Waals surface area contributed by atoms with Crippen LogP contribution in [0.15, 0.2) is 33.8 Å². The fourth-order valence-corrected chi connectivity index (χ4v) is 1.90. The maximum atomic E-state index is 5.81. The van der Waals surface area contributed by atoms with Crippen molar-refractivity contribution in [1.29, 1.82) is 0 Å². The van der Waals surface area contributed by atoms with Crippen molar-refractivity contribution in [3.05, 3.63) is 41.5 Å². The zero-order valence-electron chi connectivity index (χ0n) is 13.3. The number of ether oxygens (including phenoxy) is 1. The Morgan fingerprint density at radius 2 is 2.04 bits per heavy atom. The van der Waals surface area contributed by atoms with E-state index in [0.717, 1.165) is 18.7 Å². The number of nitrogens with one attached hydrogen (secondary N) is 1. The van der Waals surface area contributed by atoms with Crippen LogP contribution in [0.3, 0.4) is 0 Å². The van der Waals surface area contributed by atoms with Crippen LogP contribution in [0, 0.1) is 6.92 Å². The first-order valence-electron chi connectivity index (χ1n) is 7.13. The minimum absolute atomic E-state index is 0. The van der Waals surface area contributed by atoms with Crippen LogP contribution < -0.4 is 15.8 Å². The van der Waals surface area contributed by atoms with Gasteiger partial charge in [0.15, 0.2) is 11.8 Å². The van der Waals surface area contributed by atoms with Crippen LogP contribution in [0.25, 0.3) is 0 Å². The van der Waals surface area contributed by atoms with Gasteiger partial charge in [-0.05, 0) is 31.0 Å². The molecule has 126 valence electrons. The summed E-state index contributed by atoms with van der Waals surface area (Å²) in [6, 6.07) is 7.95. The molecule has 0 saturated carbocycles. The normalized spacial score (nSPS) is 11.0. The van der Waals surface area contributed by atoms with Gasteiger partial charge in [-0.1, -0.05) is 17.3 Å². The fraction of sp³-hybridized carbons (Fsp3) is 0.400. The largest absolute Gasteiger partial charge is 0.497 e. The van der Waals surface area contributed by atoms with Crippen LogP contribution in [0.4, 0.5) is 0 Å². The minimum Gasteiger partial charge on any atom is -0.497 e. The van der Waals surface area contributed by atoms with Gasteiger partial charge in [0.2, 0.25) is 5.89 Å². The molecule has 3 N–H and O–H groups in total. The van der Waals surface area contributed by atoms with Crippen molar-refractivity contribution in [3.63, 3.8) is 0 Å². The summed E-state index contributed by atoms with van der Waals surface area (Å²) < 4.78 is 10.1. The van der Waals surface area contributed by atoms with Crippen molar-refractivity contribution in [2.75, 3.05) is 20.2 Å². The van der Waals surface area contributed by atoms with E-state index < -0.39 is 0 Å². The number of aryl methyl sites for hydroxylation is 1. The molecule has 0 amide bonds. The third-order valence-corrected chi connectivity index (χ3v) is 3.06. The monoisotopic (exact) mass is 431 g/mol. The quantitative estimate of drug-likeness (QED) is 0.394. The summed E-state index contributed by atoms with van der Waals surface area (Å²) >= 11 is 0. The number of guanidine groups is 1. The molecular weight excluding hydrogens is 409 g/mol. The molecule has 0 unspecified atom stereocenters. The topological polar surface area (TPSA) is 98.6 Å². The number of benzene rings is 1. The molecule has 0 saturated heterocycles. The number of hydrogen-bond donors (Lipinski definition) is 2. The first kappa shape index (κ1) is 19.2. The van der Waals surface area contributed by atoms with Gasteiger partial charge in [0.1, 0.15) is 5.75 Å². The van der Waals surface area contributed by atoms with Crippen LogP contribution in [0.1, 0.15) is 17.3 Å². The van der Waals surface area contributed by atoms with Crippen LogP contribution in [0.2, 0.25) is 0 Å². The zero-order valence-corrected chi connectivity index (χ0v) is 15.6. The van der Waals surface area contributed by atoms with Gasteiger partial charge in [-0.15, -0.1) is 24.0 Å². The van der Waals surface area contributed by atoms with Gasteiger partial charge < -0.3 is 20.3 Å². The lowest BCUT2D eigenvalue weighted by atomic mass is 10.1. The van der Waals surface area contributed by atoms with Gasteiger partial charge in [-0.2, -0.15) is 4.98 Å². The van der Waals surface area contributed by atoms with E-state index in [-0.39, 0.29) is 24.0 Å². The summed E-state index contributed by atoms with van der Waals surface area (Å²) in [5, 5.41) is 6.80. The second kappa shape index (κ2) is 10.0. The molecule has 1 aromatic heterocycles. The van der Waals surface area contributed by atoms with E-state index in [4.69, 9.17) is 15.0 Å². The SMILES string of the molecule is COc1ccc(CCNC(N)=NCCc2nc(C)no2)cc1.I. The Balaban J connectivity index is 0.00000264. The van der Waals surface area contributed by atoms with Gasteiger partial charge in [-0.3, -0.25) is 4.99 Å². The van der Waals surface area contributed by atoms with Gasteiger partial charge in [-0.25, -0.2) is 0 Å². The van der Waals surface area contributed by atoms with Crippen molar-refractivity contribution >= 4 is 29.9 Å². The Hall–Kier alpha value is -1.84. The Labute approximate surface area is 152 Å². The standard InChI is InChI=1S/C15H21N5O2.HI/c1-11-19-14(22-20-11)8-10-18-15(16)17-9-7-12-3-5-13(21-2)6-4-12;/h3-6H,7-10H2,1-2H3,(H3,16,17,18);1H. The molecule has 0 fully saturated rings. The average Bonchev–Trinajstić information content (AvgIpc) is 2.93. The average molecular weight is 431 g/mol. The molecule has 0 bridgehead atoms. The Morgan fingerprint density at radius 1 is 1.30 bits per heavy atom. The number of aliphatic imine (C=N–C) groups is 1. The molecule has 1 aromatic carbocycles. The number of hydrogen-bond acceptors (Lipinski definition) is 5. The highest BCUT2D eigenvalue weighted by Gasteiger charge is 2.01. The van der Waals surface area contributed by atoms with Crippen molar-refractivity contribution in [2.24, 2.45) is 10.7 Å². The van der Waals surface area contributed by atoms with E-state index >= 15 is 0 Å². The minimum atomic E-state index is 0. The number of rotatable bonds is 7. The Bertz CT molecular complexity index is 613. The van der Waals surface area contributed by atoms with E-state index in [1.807, 2.05) is 24.3 Å². The van der Waals surface area contributed by atoms with Gasteiger partial charge in [0.25, 0.3) is 0 Å².